The first kappa shape index (κ1) is 67.9. The predicted octanol–water partition coefficient (Wildman–Crippen LogP) is 13.4. The third kappa shape index (κ3) is 38.1. The Morgan fingerprint density at radius 3 is 1.49 bits per heavy atom. The Morgan fingerprint density at radius 2 is 1.00 bits per heavy atom. The molecule has 0 aromatic heterocycles. The molecule has 8 atom stereocenters. The van der Waals surface area contributed by atoms with Crippen molar-refractivity contribution in [2.24, 2.45) is 0 Å². The lowest BCUT2D eigenvalue weighted by atomic mass is 9.99. The number of carbonyl (C=O) groups is 2. The van der Waals surface area contributed by atoms with E-state index in [-0.39, 0.29) is 19.4 Å². The van der Waals surface area contributed by atoms with Crippen molar-refractivity contribution < 1.29 is 49.3 Å². The average Bonchev–Trinajstić information content (AvgIpc) is 3.39. The lowest BCUT2D eigenvalue weighted by Crippen LogP contribution is -2.61. The zero-order valence-corrected chi connectivity index (χ0v) is 46.2. The lowest BCUT2D eigenvalue weighted by molar-refractivity contribution is -0.305. The van der Waals surface area contributed by atoms with E-state index in [0.29, 0.717) is 12.8 Å². The van der Waals surface area contributed by atoms with E-state index in [1.165, 1.54) is 135 Å². The summed E-state index contributed by atoms with van der Waals surface area (Å²) < 4.78 is 17.5. The van der Waals surface area contributed by atoms with Gasteiger partial charge in [0.2, 0.25) is 5.91 Å². The number of allylic oxidation sites excluding steroid dienone is 13. The van der Waals surface area contributed by atoms with Crippen LogP contribution in [-0.2, 0) is 23.8 Å². The SMILES string of the molecule is CC/C=C/C=C/C=C\C=C/C=C/CCC(O)C(=O)NC(COC1OC(CO)C(O)C(O)C1OC(=O)CCCCCCCCCCCCC/C=C/CCCCCCCC)C(O)/C=C/CCCCCCCCCCC. The summed E-state index contributed by atoms with van der Waals surface area (Å²) >= 11 is 0. The summed E-state index contributed by atoms with van der Waals surface area (Å²) in [6.45, 7) is 5.57. The van der Waals surface area contributed by atoms with E-state index >= 15 is 0 Å². The van der Waals surface area contributed by atoms with E-state index in [1.54, 1.807) is 6.08 Å². The van der Waals surface area contributed by atoms with E-state index in [2.05, 4.69) is 44.3 Å². The third-order valence-corrected chi connectivity index (χ3v) is 13.4. The Kier molecular flexibility index (Phi) is 46.2. The fourth-order valence-electron chi connectivity index (χ4n) is 8.73. The summed E-state index contributed by atoms with van der Waals surface area (Å²) in [5.74, 6) is -1.28. The topological polar surface area (TPSA) is 175 Å². The van der Waals surface area contributed by atoms with Gasteiger partial charge in [0, 0.05) is 6.42 Å². The maximum atomic E-state index is 13.3. The van der Waals surface area contributed by atoms with Crippen LogP contribution in [0.5, 0.6) is 0 Å². The van der Waals surface area contributed by atoms with Crippen LogP contribution >= 0.6 is 0 Å². The average molecular weight is 1030 g/mol. The van der Waals surface area contributed by atoms with Crippen LogP contribution in [-0.4, -0.2) is 99.6 Å². The van der Waals surface area contributed by atoms with E-state index in [0.717, 1.165) is 51.4 Å². The molecule has 0 bridgehead atoms. The normalized spacial score (nSPS) is 20.0. The number of hydrogen-bond donors (Lipinski definition) is 6. The fourth-order valence-corrected chi connectivity index (χ4v) is 8.73. The van der Waals surface area contributed by atoms with Crippen LogP contribution < -0.4 is 5.32 Å². The standard InChI is InChI=1S/C62H107NO10/c1-4-7-10-13-16-19-22-24-25-26-27-28-29-30-31-32-35-38-41-44-47-50-57(67)73-60-59(69)58(68)56(51-64)72-62(60)71-52-53(54(65)48-45-42-39-36-33-21-18-15-12-9-6-3)63-61(70)55(66)49-46-43-40-37-34-23-20-17-14-11-8-5-2/h8,11,14,17,20,23-25,34,37,40,43,45,48,53-56,58-60,62,64-66,68-69H,4-7,9-10,12-13,15-16,18-19,21-22,26-33,35-36,38-39,41-42,44,46-47,49-52H2,1-3H3,(H,63,70)/b11-8+,17-14+,23-20-,25-24+,37-34-,43-40+,48-45+. The van der Waals surface area contributed by atoms with E-state index < -0.39 is 67.4 Å². The summed E-state index contributed by atoms with van der Waals surface area (Å²) in [6.07, 6.45) is 53.7. The highest BCUT2D eigenvalue weighted by Crippen LogP contribution is 2.26. The van der Waals surface area contributed by atoms with Crippen LogP contribution in [0.4, 0.5) is 0 Å². The van der Waals surface area contributed by atoms with E-state index in [4.69, 9.17) is 14.2 Å². The summed E-state index contributed by atoms with van der Waals surface area (Å²) in [5.41, 5.74) is 0. The Labute approximate surface area is 444 Å². The molecule has 1 fully saturated rings. The molecule has 1 heterocycles. The highest BCUT2D eigenvalue weighted by atomic mass is 16.7. The quantitative estimate of drug-likeness (QED) is 0.0149. The Hall–Kier alpha value is -3.16. The van der Waals surface area contributed by atoms with Crippen LogP contribution in [0.15, 0.2) is 85.1 Å². The van der Waals surface area contributed by atoms with Crippen molar-refractivity contribution in [3.63, 3.8) is 0 Å². The number of rotatable bonds is 48. The summed E-state index contributed by atoms with van der Waals surface area (Å²) in [5, 5.41) is 56.6. The molecule has 1 aliphatic heterocycles. The molecular formula is C62H107NO10. The molecule has 1 aliphatic rings. The molecule has 8 unspecified atom stereocenters. The zero-order chi connectivity index (χ0) is 53.3. The lowest BCUT2D eigenvalue weighted by Gasteiger charge is -2.41. The van der Waals surface area contributed by atoms with Crippen molar-refractivity contribution >= 4 is 11.9 Å². The first-order valence-corrected chi connectivity index (χ1v) is 29.4. The van der Waals surface area contributed by atoms with Gasteiger partial charge in [-0.1, -0.05) is 247 Å². The number of nitrogens with one attached hydrogen (secondary N) is 1. The van der Waals surface area contributed by atoms with Crippen LogP contribution in [0, 0.1) is 0 Å². The number of aliphatic hydroxyl groups is 5. The van der Waals surface area contributed by atoms with E-state index in [9.17, 15) is 35.1 Å². The number of ether oxygens (including phenoxy) is 3. The Bertz CT molecular complexity index is 1510. The van der Waals surface area contributed by atoms with Gasteiger partial charge in [-0.05, 0) is 64.2 Å². The van der Waals surface area contributed by atoms with Gasteiger partial charge in [-0.2, -0.15) is 0 Å². The molecule has 1 amide bonds. The monoisotopic (exact) mass is 1030 g/mol. The van der Waals surface area contributed by atoms with Gasteiger partial charge in [0.1, 0.15) is 24.4 Å². The maximum Gasteiger partial charge on any atom is 0.306 e. The third-order valence-electron chi connectivity index (χ3n) is 13.4. The van der Waals surface area contributed by atoms with Crippen LogP contribution in [0.3, 0.4) is 0 Å². The molecule has 0 saturated carbocycles. The van der Waals surface area contributed by atoms with Crippen LogP contribution in [0.2, 0.25) is 0 Å². The number of carbonyl (C=O) groups excluding carboxylic acids is 2. The molecule has 1 rings (SSSR count). The molecule has 73 heavy (non-hydrogen) atoms. The van der Waals surface area contributed by atoms with Crippen molar-refractivity contribution in [2.45, 2.75) is 282 Å². The molecule has 11 heteroatoms. The van der Waals surface area contributed by atoms with Gasteiger partial charge >= 0.3 is 5.97 Å². The highest BCUT2D eigenvalue weighted by molar-refractivity contribution is 5.80. The number of aliphatic hydroxyl groups excluding tert-OH is 5. The summed E-state index contributed by atoms with van der Waals surface area (Å²) in [4.78, 5) is 26.4. The van der Waals surface area contributed by atoms with Crippen LogP contribution in [0.1, 0.15) is 233 Å². The summed E-state index contributed by atoms with van der Waals surface area (Å²) in [7, 11) is 0. The van der Waals surface area contributed by atoms with Crippen molar-refractivity contribution in [1.82, 2.24) is 5.32 Å². The number of amides is 1. The minimum atomic E-state index is -1.63. The number of esters is 1. The molecule has 11 nitrogen and oxygen atoms in total. The molecule has 0 radical (unpaired) electrons. The van der Waals surface area contributed by atoms with E-state index in [1.807, 2.05) is 60.8 Å². The zero-order valence-electron chi connectivity index (χ0n) is 46.2. The highest BCUT2D eigenvalue weighted by Gasteiger charge is 2.47. The van der Waals surface area contributed by atoms with Crippen LogP contribution in [0.25, 0.3) is 0 Å². The molecule has 0 aromatic carbocycles. The molecular weight excluding hydrogens is 919 g/mol. The van der Waals surface area contributed by atoms with Gasteiger partial charge in [0.25, 0.3) is 0 Å². The van der Waals surface area contributed by atoms with Gasteiger partial charge in [-0.25, -0.2) is 0 Å². The Balaban J connectivity index is 2.68. The number of hydrogen-bond acceptors (Lipinski definition) is 10. The van der Waals surface area contributed by atoms with Gasteiger partial charge in [0.05, 0.1) is 25.4 Å². The summed E-state index contributed by atoms with van der Waals surface area (Å²) in [6, 6.07) is -1.06. The molecule has 420 valence electrons. The predicted molar refractivity (Wildman–Crippen MR) is 301 cm³/mol. The van der Waals surface area contributed by atoms with Gasteiger partial charge < -0.3 is 45.1 Å². The van der Waals surface area contributed by atoms with Crippen molar-refractivity contribution in [2.75, 3.05) is 13.2 Å². The van der Waals surface area contributed by atoms with Gasteiger partial charge in [0.15, 0.2) is 12.4 Å². The maximum absolute atomic E-state index is 13.3. The molecule has 0 aliphatic carbocycles. The molecule has 0 spiro atoms. The minimum Gasteiger partial charge on any atom is -0.454 e. The van der Waals surface area contributed by atoms with Gasteiger partial charge in [-0.3, -0.25) is 9.59 Å². The van der Waals surface area contributed by atoms with Crippen molar-refractivity contribution in [3.8, 4) is 0 Å². The first-order chi connectivity index (χ1) is 35.7. The molecule has 0 aromatic rings. The molecule has 6 N–H and O–H groups in total. The second-order valence-electron chi connectivity index (χ2n) is 20.1. The van der Waals surface area contributed by atoms with Gasteiger partial charge in [-0.15, -0.1) is 0 Å². The molecule has 1 saturated heterocycles. The van der Waals surface area contributed by atoms with Crippen molar-refractivity contribution in [1.29, 1.82) is 0 Å². The number of unbranched alkanes of at least 4 members (excludes halogenated alkanes) is 26. The second kappa shape index (κ2) is 49.7. The fraction of sp³-hybridized carbons (Fsp3) is 0.742. The first-order valence-electron chi connectivity index (χ1n) is 29.4. The Morgan fingerprint density at radius 1 is 0.548 bits per heavy atom. The smallest absolute Gasteiger partial charge is 0.306 e. The largest absolute Gasteiger partial charge is 0.454 e. The van der Waals surface area contributed by atoms with Crippen molar-refractivity contribution in [3.05, 3.63) is 85.1 Å². The second-order valence-corrected chi connectivity index (χ2v) is 20.1. The minimum absolute atomic E-state index is 0.111.